The van der Waals surface area contributed by atoms with Gasteiger partial charge in [0, 0.05) is 6.20 Å². The summed E-state index contributed by atoms with van der Waals surface area (Å²) in [7, 11) is 0. The summed E-state index contributed by atoms with van der Waals surface area (Å²) in [5.41, 5.74) is 0. The number of rotatable bonds is 5. The van der Waals surface area contributed by atoms with E-state index in [0.29, 0.717) is 0 Å². The van der Waals surface area contributed by atoms with Crippen LogP contribution in [0.15, 0.2) is 12.3 Å². The summed E-state index contributed by atoms with van der Waals surface area (Å²) in [5, 5.41) is 19.2. The Labute approximate surface area is 80.4 Å². The molecule has 7 heteroatoms. The van der Waals surface area contributed by atoms with Gasteiger partial charge in [-0.05, 0) is 11.8 Å². The zero-order valence-corrected chi connectivity index (χ0v) is 7.65. The van der Waals surface area contributed by atoms with Crippen LogP contribution in [0.2, 0.25) is 0 Å². The Hall–Kier alpha value is -1.92. The van der Waals surface area contributed by atoms with Gasteiger partial charge in [0.25, 0.3) is 0 Å². The van der Waals surface area contributed by atoms with Crippen molar-refractivity contribution in [1.29, 1.82) is 5.41 Å². The first kappa shape index (κ1) is 12.1. The molecule has 0 unspecified atom stereocenters. The van der Waals surface area contributed by atoms with Crippen LogP contribution in [-0.4, -0.2) is 29.9 Å². The zero-order valence-electron chi connectivity index (χ0n) is 7.65. The van der Waals surface area contributed by atoms with E-state index < -0.39 is 16.7 Å². The molecule has 0 aliphatic heterocycles. The second-order valence-corrected chi connectivity index (χ2v) is 2.16. The predicted octanol–water partition coefficient (Wildman–Crippen LogP) is -0.0932. The summed E-state index contributed by atoms with van der Waals surface area (Å²) < 4.78 is 4.57. The Morgan fingerprint density at radius 2 is 2.36 bits per heavy atom. The maximum atomic E-state index is 10.7. The fourth-order valence-electron chi connectivity index (χ4n) is 0.553. The summed E-state index contributed by atoms with van der Waals surface area (Å²) in [6, 6.07) is 0. The van der Waals surface area contributed by atoms with Crippen molar-refractivity contribution in [3.63, 3.8) is 0 Å². The number of amidine groups is 1. The minimum atomic E-state index is -0.845. The van der Waals surface area contributed by atoms with Gasteiger partial charge in [-0.1, -0.05) is 5.41 Å². The highest BCUT2D eigenvalue weighted by Crippen LogP contribution is 1.78. The second kappa shape index (κ2) is 6.58. The Balaban J connectivity index is 3.68. The van der Waals surface area contributed by atoms with Crippen LogP contribution in [0.4, 0.5) is 0 Å². The average Bonchev–Trinajstić information content (AvgIpc) is 2.12. The normalized spacial score (nSPS) is 9.79. The van der Waals surface area contributed by atoms with Crippen LogP contribution >= 0.6 is 0 Å². The monoisotopic (exact) mass is 201 g/mol. The topological polar surface area (TPSA) is 105 Å². The number of esters is 1. The molecule has 0 fully saturated rings. The van der Waals surface area contributed by atoms with Crippen molar-refractivity contribution >= 4 is 11.8 Å². The number of nitro groups is 1. The highest BCUT2D eigenvalue weighted by atomic mass is 16.6. The number of ether oxygens (including phenoxy) is 1. The van der Waals surface area contributed by atoms with Gasteiger partial charge in [-0.25, -0.2) is 0 Å². The SMILES string of the molecule is CCOC(=O)CN/C=C\C(=N)[N+](=O)[O-]. The Morgan fingerprint density at radius 3 is 2.86 bits per heavy atom. The van der Waals surface area contributed by atoms with Gasteiger partial charge in [0.15, 0.2) is 0 Å². The minimum absolute atomic E-state index is 0.0741. The Bertz CT molecular complexity index is 262. The van der Waals surface area contributed by atoms with Crippen LogP contribution in [0.25, 0.3) is 0 Å². The summed E-state index contributed by atoms with van der Waals surface area (Å²) >= 11 is 0. The lowest BCUT2D eigenvalue weighted by Crippen LogP contribution is -2.20. The third-order valence-corrected chi connectivity index (χ3v) is 1.11. The number of nitrogens with one attached hydrogen (secondary N) is 2. The van der Waals surface area contributed by atoms with Gasteiger partial charge in [0.1, 0.15) is 6.54 Å². The van der Waals surface area contributed by atoms with Crippen LogP contribution in [0.3, 0.4) is 0 Å². The first-order chi connectivity index (χ1) is 6.57. The predicted molar refractivity (Wildman–Crippen MR) is 48.5 cm³/mol. The van der Waals surface area contributed by atoms with E-state index in [0.717, 1.165) is 12.3 Å². The van der Waals surface area contributed by atoms with Crippen LogP contribution in [0.1, 0.15) is 6.92 Å². The minimum Gasteiger partial charge on any atom is -0.465 e. The summed E-state index contributed by atoms with van der Waals surface area (Å²) in [5.74, 6) is -1.20. The zero-order chi connectivity index (χ0) is 11.0. The van der Waals surface area contributed by atoms with Gasteiger partial charge >= 0.3 is 11.8 Å². The lowest BCUT2D eigenvalue weighted by molar-refractivity contribution is -0.349. The number of hydrogen-bond donors (Lipinski definition) is 2. The van der Waals surface area contributed by atoms with E-state index in [-0.39, 0.29) is 13.2 Å². The van der Waals surface area contributed by atoms with Crippen LogP contribution in [-0.2, 0) is 9.53 Å². The standard InChI is InChI=1S/C7H11N3O4/c1-2-14-7(11)5-9-4-3-6(8)10(12)13/h3-4,8-9H,2,5H2,1H3/b4-3-,8-6?. The summed E-state index contributed by atoms with van der Waals surface area (Å²) in [6.45, 7) is 1.89. The van der Waals surface area contributed by atoms with Crippen molar-refractivity contribution in [1.82, 2.24) is 5.32 Å². The molecule has 0 heterocycles. The van der Waals surface area contributed by atoms with Crippen molar-refractivity contribution in [3.8, 4) is 0 Å². The number of carbonyl (C=O) groups is 1. The third-order valence-electron chi connectivity index (χ3n) is 1.11. The molecular formula is C7H11N3O4. The van der Waals surface area contributed by atoms with Crippen LogP contribution in [0, 0.1) is 15.5 Å². The molecule has 0 saturated carbocycles. The number of hydrogen-bond acceptors (Lipinski definition) is 6. The van der Waals surface area contributed by atoms with E-state index >= 15 is 0 Å². The van der Waals surface area contributed by atoms with E-state index in [4.69, 9.17) is 5.41 Å². The van der Waals surface area contributed by atoms with Gasteiger partial charge in [0.05, 0.1) is 12.7 Å². The van der Waals surface area contributed by atoms with Crippen molar-refractivity contribution in [3.05, 3.63) is 22.4 Å². The summed E-state index contributed by atoms with van der Waals surface area (Å²) in [4.78, 5) is 19.8. The van der Waals surface area contributed by atoms with Crippen molar-refractivity contribution in [2.45, 2.75) is 6.92 Å². The quantitative estimate of drug-likeness (QED) is 0.212. The van der Waals surface area contributed by atoms with Gasteiger partial charge in [0.2, 0.25) is 0 Å². The molecule has 0 aliphatic rings. The molecule has 0 amide bonds. The van der Waals surface area contributed by atoms with Crippen molar-refractivity contribution < 1.29 is 14.5 Å². The highest BCUT2D eigenvalue weighted by Gasteiger charge is 2.01. The first-order valence-corrected chi connectivity index (χ1v) is 3.86. The fraction of sp³-hybridized carbons (Fsp3) is 0.429. The molecule has 0 bridgehead atoms. The second-order valence-electron chi connectivity index (χ2n) is 2.16. The van der Waals surface area contributed by atoms with Crippen molar-refractivity contribution in [2.24, 2.45) is 0 Å². The molecule has 14 heavy (non-hydrogen) atoms. The maximum absolute atomic E-state index is 10.7. The fourth-order valence-corrected chi connectivity index (χ4v) is 0.553. The third kappa shape index (κ3) is 5.70. The molecule has 0 rings (SSSR count). The van der Waals surface area contributed by atoms with Crippen molar-refractivity contribution in [2.75, 3.05) is 13.2 Å². The smallest absolute Gasteiger partial charge is 0.357 e. The number of carbonyl (C=O) groups excluding carboxylic acids is 1. The lowest BCUT2D eigenvalue weighted by atomic mass is 10.5. The molecule has 0 aliphatic carbocycles. The lowest BCUT2D eigenvalue weighted by Gasteiger charge is -1.99. The van der Waals surface area contributed by atoms with Gasteiger partial charge in [-0.2, -0.15) is 0 Å². The molecule has 0 spiro atoms. The molecule has 0 aromatic heterocycles. The molecule has 78 valence electrons. The molecule has 7 nitrogen and oxygen atoms in total. The highest BCUT2D eigenvalue weighted by molar-refractivity contribution is 5.82. The van der Waals surface area contributed by atoms with Gasteiger partial charge in [-0.3, -0.25) is 4.79 Å². The average molecular weight is 201 g/mol. The first-order valence-electron chi connectivity index (χ1n) is 3.86. The van der Waals surface area contributed by atoms with E-state index in [1.165, 1.54) is 0 Å². The van der Waals surface area contributed by atoms with Crippen LogP contribution in [0.5, 0.6) is 0 Å². The maximum Gasteiger partial charge on any atom is 0.357 e. The Kier molecular flexibility index (Phi) is 5.68. The number of nitrogens with zero attached hydrogens (tertiary/aromatic N) is 1. The molecule has 0 radical (unpaired) electrons. The molecule has 2 N–H and O–H groups in total. The molecular weight excluding hydrogens is 190 g/mol. The van der Waals surface area contributed by atoms with Gasteiger partial charge < -0.3 is 20.2 Å². The van der Waals surface area contributed by atoms with E-state index in [1.54, 1.807) is 6.92 Å². The van der Waals surface area contributed by atoms with E-state index in [9.17, 15) is 14.9 Å². The van der Waals surface area contributed by atoms with E-state index in [1.807, 2.05) is 0 Å². The summed E-state index contributed by atoms with van der Waals surface area (Å²) in [6.07, 6.45) is 2.10. The molecule has 0 aromatic rings. The molecule has 0 atom stereocenters. The largest absolute Gasteiger partial charge is 0.465 e. The van der Waals surface area contributed by atoms with Crippen LogP contribution < -0.4 is 5.32 Å². The van der Waals surface area contributed by atoms with E-state index in [2.05, 4.69) is 10.1 Å². The molecule has 0 saturated heterocycles. The van der Waals surface area contributed by atoms with Gasteiger partial charge in [-0.15, -0.1) is 0 Å². The molecule has 0 aromatic carbocycles. The Morgan fingerprint density at radius 1 is 1.71 bits per heavy atom.